The molecular weight excluding hydrogens is 158 g/mol. The number of rotatable bonds is 6. The Morgan fingerprint density at radius 3 is 2.38 bits per heavy atom. The average molecular weight is 181 g/mol. The second-order valence-electron chi connectivity index (χ2n) is 3.62. The molecule has 0 atom stereocenters. The van der Waals surface area contributed by atoms with Crippen LogP contribution in [0.3, 0.4) is 0 Å². The maximum absolute atomic E-state index is 2.30. The first-order valence-electron chi connectivity index (χ1n) is 5.21. The highest BCUT2D eigenvalue weighted by Crippen LogP contribution is 2.02. The largest absolute Gasteiger partial charge is 0.305 e. The van der Waals surface area contributed by atoms with Crippen molar-refractivity contribution in [2.75, 3.05) is 20.6 Å². The molecule has 0 fully saturated rings. The van der Waals surface area contributed by atoms with Crippen molar-refractivity contribution in [1.29, 1.82) is 0 Å². The number of likely N-dealkylation sites (N-methyl/N-ethyl adjacent to an activating group) is 1. The number of allylic oxidation sites excluding steroid dienone is 2. The van der Waals surface area contributed by atoms with E-state index in [1.165, 1.54) is 18.4 Å². The molecule has 0 aromatic rings. The van der Waals surface area contributed by atoms with Gasteiger partial charge < -0.3 is 4.90 Å². The Bertz CT molecular complexity index is 166. The van der Waals surface area contributed by atoms with Crippen molar-refractivity contribution in [1.82, 2.24) is 4.90 Å². The molecule has 0 unspecified atom stereocenters. The van der Waals surface area contributed by atoms with Crippen LogP contribution in [0.4, 0.5) is 0 Å². The van der Waals surface area contributed by atoms with Crippen LogP contribution in [0.25, 0.3) is 0 Å². The van der Waals surface area contributed by atoms with E-state index in [4.69, 9.17) is 0 Å². The van der Waals surface area contributed by atoms with Gasteiger partial charge in [0.05, 0.1) is 0 Å². The molecule has 0 aliphatic carbocycles. The van der Waals surface area contributed by atoms with Gasteiger partial charge in [0.1, 0.15) is 0 Å². The molecule has 0 aliphatic heterocycles. The Kier molecular flexibility index (Phi) is 7.71. The van der Waals surface area contributed by atoms with Crippen LogP contribution in [0.1, 0.15) is 33.1 Å². The molecular formula is C12H23N. The predicted molar refractivity (Wildman–Crippen MR) is 61.0 cm³/mol. The summed E-state index contributed by atoms with van der Waals surface area (Å²) in [7, 11) is 4.22. The van der Waals surface area contributed by atoms with Gasteiger partial charge in [0.15, 0.2) is 0 Å². The van der Waals surface area contributed by atoms with Crippen LogP contribution in [-0.4, -0.2) is 25.5 Å². The van der Waals surface area contributed by atoms with Crippen molar-refractivity contribution < 1.29 is 0 Å². The molecule has 0 radical (unpaired) electrons. The molecule has 1 nitrogen and oxygen atoms in total. The van der Waals surface area contributed by atoms with Crippen molar-refractivity contribution in [2.45, 2.75) is 33.1 Å². The van der Waals surface area contributed by atoms with E-state index in [9.17, 15) is 0 Å². The Labute approximate surface area is 83.1 Å². The second kappa shape index (κ2) is 8.06. The Morgan fingerprint density at radius 1 is 1.23 bits per heavy atom. The lowest BCUT2D eigenvalue weighted by Gasteiger charge is -2.10. The lowest BCUT2D eigenvalue weighted by Crippen LogP contribution is -2.14. The Balaban J connectivity index is 4.02. The topological polar surface area (TPSA) is 3.24 Å². The van der Waals surface area contributed by atoms with Crippen LogP contribution in [0.15, 0.2) is 23.8 Å². The van der Waals surface area contributed by atoms with Gasteiger partial charge in [-0.25, -0.2) is 0 Å². The molecule has 0 aromatic carbocycles. The van der Waals surface area contributed by atoms with Gasteiger partial charge >= 0.3 is 0 Å². The summed E-state index contributed by atoms with van der Waals surface area (Å²) in [5.74, 6) is 0. The summed E-state index contributed by atoms with van der Waals surface area (Å²) in [5.41, 5.74) is 1.43. The fraction of sp³-hybridized carbons (Fsp3) is 0.667. The minimum absolute atomic E-state index is 1.05. The number of hydrogen-bond donors (Lipinski definition) is 0. The molecule has 0 amide bonds. The summed E-state index contributed by atoms with van der Waals surface area (Å²) in [6.45, 7) is 5.44. The first-order chi connectivity index (χ1) is 6.20. The third kappa shape index (κ3) is 7.79. The van der Waals surface area contributed by atoms with Gasteiger partial charge in [-0.2, -0.15) is 0 Å². The van der Waals surface area contributed by atoms with E-state index < -0.39 is 0 Å². The normalized spacial score (nSPS) is 13.2. The summed E-state index contributed by atoms with van der Waals surface area (Å²) < 4.78 is 0. The molecule has 0 aromatic heterocycles. The van der Waals surface area contributed by atoms with Crippen LogP contribution in [0, 0.1) is 0 Å². The average Bonchev–Trinajstić information content (AvgIpc) is 2.04. The molecule has 76 valence electrons. The molecule has 0 bridgehead atoms. The summed E-state index contributed by atoms with van der Waals surface area (Å²) in [4.78, 5) is 2.21. The molecule has 1 heteroatoms. The molecule has 0 spiro atoms. The fourth-order valence-corrected chi connectivity index (χ4v) is 1.21. The zero-order valence-electron chi connectivity index (χ0n) is 9.51. The molecule has 0 saturated heterocycles. The van der Waals surface area contributed by atoms with E-state index in [1.54, 1.807) is 0 Å². The second-order valence-corrected chi connectivity index (χ2v) is 3.62. The highest BCUT2D eigenvalue weighted by molar-refractivity contribution is 5.19. The van der Waals surface area contributed by atoms with Crippen molar-refractivity contribution >= 4 is 0 Å². The smallest absolute Gasteiger partial charge is 0.0224 e. The molecule has 0 aliphatic rings. The standard InChI is InChI=1S/C12H23N/c1-5-7-8-10-12(9-6-2)11-13(3)4/h8-10H,5-7,11H2,1-4H3/b10-8-,12-9+. The summed E-state index contributed by atoms with van der Waals surface area (Å²) >= 11 is 0. The van der Waals surface area contributed by atoms with Crippen LogP contribution in [0.5, 0.6) is 0 Å². The summed E-state index contributed by atoms with van der Waals surface area (Å²) in [5, 5.41) is 0. The van der Waals surface area contributed by atoms with Crippen molar-refractivity contribution in [2.24, 2.45) is 0 Å². The third-order valence-corrected chi connectivity index (χ3v) is 1.75. The highest BCUT2D eigenvalue weighted by Gasteiger charge is 1.93. The minimum atomic E-state index is 1.05. The lowest BCUT2D eigenvalue weighted by molar-refractivity contribution is 0.448. The van der Waals surface area contributed by atoms with Gasteiger partial charge in [0, 0.05) is 6.54 Å². The molecule has 0 heterocycles. The summed E-state index contributed by atoms with van der Waals surface area (Å²) in [6, 6.07) is 0. The Hall–Kier alpha value is -0.560. The quantitative estimate of drug-likeness (QED) is 0.569. The zero-order valence-corrected chi connectivity index (χ0v) is 9.51. The maximum atomic E-state index is 2.30. The Morgan fingerprint density at radius 2 is 1.92 bits per heavy atom. The van der Waals surface area contributed by atoms with E-state index >= 15 is 0 Å². The van der Waals surface area contributed by atoms with Crippen molar-refractivity contribution in [3.05, 3.63) is 23.8 Å². The summed E-state index contributed by atoms with van der Waals surface area (Å²) in [6.07, 6.45) is 10.4. The number of nitrogens with zero attached hydrogens (tertiary/aromatic N) is 1. The number of hydrogen-bond acceptors (Lipinski definition) is 1. The molecule has 0 rings (SSSR count). The van der Waals surface area contributed by atoms with Gasteiger partial charge in [0.25, 0.3) is 0 Å². The van der Waals surface area contributed by atoms with Gasteiger partial charge in [-0.1, -0.05) is 38.5 Å². The van der Waals surface area contributed by atoms with E-state index in [0.717, 1.165) is 13.0 Å². The van der Waals surface area contributed by atoms with Gasteiger partial charge in [-0.05, 0) is 32.5 Å². The fourth-order valence-electron chi connectivity index (χ4n) is 1.21. The minimum Gasteiger partial charge on any atom is -0.305 e. The lowest BCUT2D eigenvalue weighted by atomic mass is 10.1. The van der Waals surface area contributed by atoms with Crippen LogP contribution >= 0.6 is 0 Å². The first-order valence-corrected chi connectivity index (χ1v) is 5.21. The van der Waals surface area contributed by atoms with Crippen molar-refractivity contribution in [3.63, 3.8) is 0 Å². The van der Waals surface area contributed by atoms with Gasteiger partial charge in [-0.3, -0.25) is 0 Å². The predicted octanol–water partition coefficient (Wildman–Crippen LogP) is 3.24. The van der Waals surface area contributed by atoms with Gasteiger partial charge in [-0.15, -0.1) is 0 Å². The van der Waals surface area contributed by atoms with Crippen molar-refractivity contribution in [3.8, 4) is 0 Å². The zero-order chi connectivity index (χ0) is 10.1. The van der Waals surface area contributed by atoms with E-state index in [0.29, 0.717) is 0 Å². The van der Waals surface area contributed by atoms with E-state index in [1.807, 2.05) is 0 Å². The van der Waals surface area contributed by atoms with E-state index in [2.05, 4.69) is 51.1 Å². The SMILES string of the molecule is CC/C=C(\C=C/CCC)CN(C)C. The maximum Gasteiger partial charge on any atom is 0.0224 e. The monoisotopic (exact) mass is 181 g/mol. The molecule has 13 heavy (non-hydrogen) atoms. The van der Waals surface area contributed by atoms with Crippen LogP contribution in [-0.2, 0) is 0 Å². The number of unbranched alkanes of at least 4 members (excludes halogenated alkanes) is 1. The molecule has 0 N–H and O–H groups in total. The molecule has 0 saturated carbocycles. The van der Waals surface area contributed by atoms with E-state index in [-0.39, 0.29) is 0 Å². The van der Waals surface area contributed by atoms with Gasteiger partial charge in [0.2, 0.25) is 0 Å². The first kappa shape index (κ1) is 12.4. The van der Waals surface area contributed by atoms with Crippen LogP contribution < -0.4 is 0 Å². The van der Waals surface area contributed by atoms with Crippen LogP contribution in [0.2, 0.25) is 0 Å². The third-order valence-electron chi connectivity index (χ3n) is 1.75. The highest BCUT2D eigenvalue weighted by atomic mass is 15.0.